The van der Waals surface area contributed by atoms with Crippen molar-refractivity contribution in [3.8, 4) is 11.5 Å². The third kappa shape index (κ3) is 3.63. The normalized spacial score (nSPS) is 25.7. The van der Waals surface area contributed by atoms with E-state index in [1.54, 1.807) is 19.1 Å². The Hall–Kier alpha value is -4.86. The lowest BCUT2D eigenvalue weighted by atomic mass is 9.59. The highest BCUT2D eigenvalue weighted by Gasteiger charge is 2.56. The van der Waals surface area contributed by atoms with Crippen molar-refractivity contribution in [2.45, 2.75) is 25.7 Å². The molecule has 1 saturated heterocycles. The van der Waals surface area contributed by atoms with Crippen LogP contribution < -0.4 is 9.64 Å². The summed E-state index contributed by atoms with van der Waals surface area (Å²) in [5, 5.41) is 21.3. The summed E-state index contributed by atoms with van der Waals surface area (Å²) in [5.74, 6) is -3.89. The van der Waals surface area contributed by atoms with Gasteiger partial charge in [0.1, 0.15) is 0 Å². The van der Waals surface area contributed by atoms with Gasteiger partial charge in [0.2, 0.25) is 11.8 Å². The van der Waals surface area contributed by atoms with Gasteiger partial charge < -0.3 is 9.84 Å². The number of nitro groups is 1. The third-order valence-corrected chi connectivity index (χ3v) is 8.42. The van der Waals surface area contributed by atoms with Crippen LogP contribution in [0.25, 0.3) is 0 Å². The van der Waals surface area contributed by atoms with E-state index in [4.69, 9.17) is 4.74 Å². The van der Waals surface area contributed by atoms with Crippen LogP contribution in [-0.2, 0) is 19.2 Å². The van der Waals surface area contributed by atoms with Gasteiger partial charge in [-0.2, -0.15) is 0 Å². The first-order chi connectivity index (χ1) is 19.1. The van der Waals surface area contributed by atoms with E-state index in [0.29, 0.717) is 22.3 Å². The zero-order valence-electron chi connectivity index (χ0n) is 21.6. The number of Topliss-reactive ketones (excluding diaryl/α,β-unsaturated/α-hetero) is 1. The first-order valence-electron chi connectivity index (χ1n) is 12.8. The molecule has 10 heteroatoms. The maximum absolute atomic E-state index is 13.9. The topological polar surface area (TPSA) is 144 Å². The van der Waals surface area contributed by atoms with Crippen molar-refractivity contribution in [1.82, 2.24) is 0 Å². The number of allylic oxidation sites excluding steroid dienone is 6. The lowest BCUT2D eigenvalue weighted by Gasteiger charge is -2.42. The minimum absolute atomic E-state index is 0.0806. The number of phenols is 1. The number of nitrogens with zero attached hydrogens (tertiary/aromatic N) is 2. The van der Waals surface area contributed by atoms with E-state index < -0.39 is 40.4 Å². The summed E-state index contributed by atoms with van der Waals surface area (Å²) in [6, 6.07) is 9.99. The standard InChI is InChI=1S/C30H24N2O8/c1-14-11-23(34)21-13-20-18(25(27(21)28(14)35)15-3-10-22(33)24(12-15)40-2)8-9-19-26(20)30(37)31(29(19)36)16-4-6-17(7-5-16)32(38)39/h3-8,10-12,19-20,25-26,33H,9,13H2,1-2H3. The smallest absolute Gasteiger partial charge is 0.269 e. The molecular weight excluding hydrogens is 516 g/mol. The van der Waals surface area contributed by atoms with Gasteiger partial charge in [-0.15, -0.1) is 0 Å². The molecule has 0 bridgehead atoms. The maximum atomic E-state index is 13.9. The number of amides is 2. The number of carbonyl (C=O) groups excluding carboxylic acids is 4. The summed E-state index contributed by atoms with van der Waals surface area (Å²) in [6.07, 6.45) is 3.61. The quantitative estimate of drug-likeness (QED) is 0.202. The number of anilines is 1. The van der Waals surface area contributed by atoms with Crippen LogP contribution in [0, 0.1) is 27.9 Å². The maximum Gasteiger partial charge on any atom is 0.269 e. The SMILES string of the molecule is COc1cc(C2C3=CCC4C(=O)N(c5ccc([N+](=O)[O-])cc5)C(=O)C4C3CC3=C2C(=O)C(C)=CC3=O)ccc1O. The second kappa shape index (κ2) is 9.11. The molecule has 0 radical (unpaired) electrons. The molecule has 1 fully saturated rings. The average Bonchev–Trinajstić information content (AvgIpc) is 3.20. The van der Waals surface area contributed by atoms with Gasteiger partial charge in [-0.25, -0.2) is 0 Å². The molecule has 3 aliphatic carbocycles. The second-order valence-corrected chi connectivity index (χ2v) is 10.4. The number of aromatic hydroxyl groups is 1. The molecule has 4 aliphatic rings. The molecule has 202 valence electrons. The number of phenolic OH excluding ortho intramolecular Hbond substituents is 1. The molecule has 1 N–H and O–H groups in total. The van der Waals surface area contributed by atoms with Crippen molar-refractivity contribution in [3.63, 3.8) is 0 Å². The number of hydrogen-bond donors (Lipinski definition) is 1. The van der Waals surface area contributed by atoms with Gasteiger partial charge in [-0.3, -0.25) is 34.2 Å². The number of non-ortho nitro benzene ring substituents is 1. The van der Waals surface area contributed by atoms with E-state index >= 15 is 0 Å². The summed E-state index contributed by atoms with van der Waals surface area (Å²) < 4.78 is 5.31. The van der Waals surface area contributed by atoms with E-state index in [-0.39, 0.29) is 47.3 Å². The van der Waals surface area contributed by atoms with Crippen LogP contribution >= 0.6 is 0 Å². The minimum atomic E-state index is -0.770. The summed E-state index contributed by atoms with van der Waals surface area (Å²) >= 11 is 0. The first kappa shape index (κ1) is 25.4. The van der Waals surface area contributed by atoms with E-state index in [2.05, 4.69) is 0 Å². The summed E-state index contributed by atoms with van der Waals surface area (Å²) in [6.45, 7) is 1.59. The van der Waals surface area contributed by atoms with Gasteiger partial charge in [-0.05, 0) is 61.6 Å². The van der Waals surface area contributed by atoms with E-state index in [1.165, 1.54) is 43.5 Å². The highest BCUT2D eigenvalue weighted by Crippen LogP contribution is 2.55. The van der Waals surface area contributed by atoms with E-state index in [9.17, 15) is 34.4 Å². The lowest BCUT2D eigenvalue weighted by molar-refractivity contribution is -0.384. The summed E-state index contributed by atoms with van der Waals surface area (Å²) in [4.78, 5) is 65.7. The number of methoxy groups -OCH3 is 1. The van der Waals surface area contributed by atoms with Crippen LogP contribution in [-0.4, -0.2) is 40.5 Å². The zero-order chi connectivity index (χ0) is 28.5. The molecule has 1 heterocycles. The van der Waals surface area contributed by atoms with Gasteiger partial charge in [-0.1, -0.05) is 17.7 Å². The molecule has 0 saturated carbocycles. The third-order valence-electron chi connectivity index (χ3n) is 8.42. The van der Waals surface area contributed by atoms with Crippen molar-refractivity contribution < 1.29 is 33.9 Å². The van der Waals surface area contributed by atoms with Crippen molar-refractivity contribution >= 4 is 34.8 Å². The Labute approximate surface area is 228 Å². The molecule has 0 spiro atoms. The van der Waals surface area contributed by atoms with Crippen molar-refractivity contribution in [3.05, 3.63) is 92.6 Å². The number of carbonyl (C=O) groups is 4. The molecule has 4 unspecified atom stereocenters. The summed E-state index contributed by atoms with van der Waals surface area (Å²) in [7, 11) is 1.41. The van der Waals surface area contributed by atoms with Crippen molar-refractivity contribution in [1.29, 1.82) is 0 Å². The number of benzene rings is 2. The molecule has 2 amide bonds. The Morgan fingerprint density at radius 2 is 1.75 bits per heavy atom. The van der Waals surface area contributed by atoms with Crippen LogP contribution in [0.15, 0.2) is 76.9 Å². The minimum Gasteiger partial charge on any atom is -0.504 e. The van der Waals surface area contributed by atoms with Gasteiger partial charge in [0.15, 0.2) is 23.1 Å². The van der Waals surface area contributed by atoms with Gasteiger partial charge in [0.25, 0.3) is 5.69 Å². The number of ether oxygens (including phenoxy) is 1. The fraction of sp³-hybridized carbons (Fsp3) is 0.267. The molecule has 4 atom stereocenters. The van der Waals surface area contributed by atoms with Crippen LogP contribution in [0.4, 0.5) is 11.4 Å². The van der Waals surface area contributed by atoms with Crippen LogP contribution in [0.2, 0.25) is 0 Å². The molecule has 10 nitrogen and oxygen atoms in total. The van der Waals surface area contributed by atoms with Gasteiger partial charge in [0.05, 0.1) is 29.6 Å². The monoisotopic (exact) mass is 540 g/mol. The number of hydrogen-bond acceptors (Lipinski definition) is 8. The molecule has 6 rings (SSSR count). The Kier molecular flexibility index (Phi) is 5.79. The number of nitro benzene ring substituents is 1. The highest BCUT2D eigenvalue weighted by molar-refractivity contribution is 6.25. The molecule has 1 aliphatic heterocycles. The molecule has 0 aromatic heterocycles. The Morgan fingerprint density at radius 1 is 1.02 bits per heavy atom. The van der Waals surface area contributed by atoms with Crippen LogP contribution in [0.1, 0.15) is 31.2 Å². The molecule has 2 aromatic carbocycles. The molecule has 40 heavy (non-hydrogen) atoms. The van der Waals surface area contributed by atoms with Gasteiger partial charge in [0, 0.05) is 34.8 Å². The first-order valence-corrected chi connectivity index (χ1v) is 12.8. The van der Waals surface area contributed by atoms with Crippen molar-refractivity contribution in [2.75, 3.05) is 12.0 Å². The average molecular weight is 541 g/mol. The molecular formula is C30H24N2O8. The Bertz CT molecular complexity index is 1630. The molecule has 2 aromatic rings. The van der Waals surface area contributed by atoms with Crippen molar-refractivity contribution in [2.24, 2.45) is 17.8 Å². The fourth-order valence-electron chi connectivity index (χ4n) is 6.59. The summed E-state index contributed by atoms with van der Waals surface area (Å²) in [5.41, 5.74) is 2.48. The number of imide groups is 1. The number of fused-ring (bicyclic) bond motifs is 3. The Balaban J connectivity index is 1.46. The number of ketones is 2. The predicted molar refractivity (Wildman–Crippen MR) is 142 cm³/mol. The zero-order valence-corrected chi connectivity index (χ0v) is 21.6. The van der Waals surface area contributed by atoms with Crippen LogP contribution in [0.5, 0.6) is 11.5 Å². The Morgan fingerprint density at radius 3 is 2.42 bits per heavy atom. The lowest BCUT2D eigenvalue weighted by Crippen LogP contribution is -2.39. The largest absolute Gasteiger partial charge is 0.504 e. The van der Waals surface area contributed by atoms with E-state index in [1.807, 2.05) is 6.08 Å². The van der Waals surface area contributed by atoms with Crippen LogP contribution in [0.3, 0.4) is 0 Å². The fourth-order valence-corrected chi connectivity index (χ4v) is 6.59. The second-order valence-electron chi connectivity index (χ2n) is 10.4. The predicted octanol–water partition coefficient (Wildman–Crippen LogP) is 3.94. The number of rotatable bonds is 4. The van der Waals surface area contributed by atoms with Gasteiger partial charge >= 0.3 is 0 Å². The highest BCUT2D eigenvalue weighted by atomic mass is 16.6. The van der Waals surface area contributed by atoms with E-state index in [0.717, 1.165) is 10.5 Å².